The predicted octanol–water partition coefficient (Wildman–Crippen LogP) is 1.62. The zero-order valence-electron chi connectivity index (χ0n) is 11.2. The van der Waals surface area contributed by atoms with Gasteiger partial charge < -0.3 is 16.4 Å². The van der Waals surface area contributed by atoms with Crippen LogP contribution in [-0.4, -0.2) is 24.9 Å². The molecule has 0 aliphatic heterocycles. The molecule has 0 aliphatic rings. The van der Waals surface area contributed by atoms with E-state index in [1.54, 1.807) is 12.1 Å². The van der Waals surface area contributed by atoms with Gasteiger partial charge in [0.25, 0.3) is 5.91 Å². The fourth-order valence-electron chi connectivity index (χ4n) is 1.43. The summed E-state index contributed by atoms with van der Waals surface area (Å²) in [4.78, 5) is 23.4. The van der Waals surface area contributed by atoms with Crippen molar-refractivity contribution in [2.24, 2.45) is 11.7 Å². The molecule has 2 amide bonds. The van der Waals surface area contributed by atoms with E-state index in [9.17, 15) is 9.59 Å². The van der Waals surface area contributed by atoms with Crippen molar-refractivity contribution in [3.63, 3.8) is 0 Å². The summed E-state index contributed by atoms with van der Waals surface area (Å²) in [7, 11) is 1.53. The highest BCUT2D eigenvalue weighted by atomic mass is 35.5. The molecule has 0 heterocycles. The molecule has 0 unspecified atom stereocenters. The molecule has 0 radical (unpaired) electrons. The minimum atomic E-state index is -0.625. The van der Waals surface area contributed by atoms with Crippen molar-refractivity contribution in [2.75, 3.05) is 12.4 Å². The number of amides is 2. The van der Waals surface area contributed by atoms with Crippen molar-refractivity contribution in [2.45, 2.75) is 19.9 Å². The van der Waals surface area contributed by atoms with E-state index in [0.717, 1.165) is 0 Å². The first-order chi connectivity index (χ1) is 8.86. The van der Waals surface area contributed by atoms with Crippen LogP contribution >= 0.6 is 11.6 Å². The molecular weight excluding hydrogens is 266 g/mol. The summed E-state index contributed by atoms with van der Waals surface area (Å²) in [6.07, 6.45) is 0. The predicted molar refractivity (Wildman–Crippen MR) is 76.3 cm³/mol. The smallest absolute Gasteiger partial charge is 0.251 e. The minimum Gasteiger partial charge on any atom is -0.355 e. The molecule has 1 aromatic rings. The van der Waals surface area contributed by atoms with E-state index in [1.807, 2.05) is 13.8 Å². The average molecular weight is 284 g/mol. The van der Waals surface area contributed by atoms with Crippen LogP contribution < -0.4 is 16.4 Å². The zero-order chi connectivity index (χ0) is 14.6. The van der Waals surface area contributed by atoms with Crippen LogP contribution in [0.15, 0.2) is 18.2 Å². The topological polar surface area (TPSA) is 84.2 Å². The Morgan fingerprint density at radius 2 is 1.95 bits per heavy atom. The van der Waals surface area contributed by atoms with Gasteiger partial charge in [-0.25, -0.2) is 0 Å². The summed E-state index contributed by atoms with van der Waals surface area (Å²) in [6.45, 7) is 3.71. The molecule has 1 rings (SSSR count). The van der Waals surface area contributed by atoms with E-state index in [0.29, 0.717) is 16.3 Å². The van der Waals surface area contributed by atoms with Crippen molar-refractivity contribution < 1.29 is 9.59 Å². The van der Waals surface area contributed by atoms with E-state index in [1.165, 1.54) is 13.1 Å². The molecule has 0 fully saturated rings. The second-order valence-corrected chi connectivity index (χ2v) is 4.94. The molecule has 1 atom stereocenters. The van der Waals surface area contributed by atoms with E-state index >= 15 is 0 Å². The van der Waals surface area contributed by atoms with Gasteiger partial charge in [-0.2, -0.15) is 0 Å². The van der Waals surface area contributed by atoms with Crippen LogP contribution in [0.3, 0.4) is 0 Å². The number of carbonyl (C=O) groups excluding carboxylic acids is 2. The molecule has 0 spiro atoms. The quantitative estimate of drug-likeness (QED) is 0.785. The Balaban J connectivity index is 2.94. The number of benzene rings is 1. The number of rotatable bonds is 4. The first-order valence-corrected chi connectivity index (χ1v) is 6.32. The van der Waals surface area contributed by atoms with Crippen LogP contribution in [0, 0.1) is 5.92 Å². The highest BCUT2D eigenvalue weighted by Gasteiger charge is 2.18. The maximum Gasteiger partial charge on any atom is 0.251 e. The molecule has 5 nitrogen and oxygen atoms in total. The molecule has 0 saturated heterocycles. The van der Waals surface area contributed by atoms with Crippen LogP contribution in [0.4, 0.5) is 5.69 Å². The standard InChI is InChI=1S/C13H18ClN3O2/c1-7(2)11(15)13(19)17-10-6-8(12(18)16-3)4-5-9(10)14/h4-7,11H,15H2,1-3H3,(H,16,18)(H,17,19)/t11-/m1/s1. The monoisotopic (exact) mass is 283 g/mol. The van der Waals surface area contributed by atoms with Gasteiger partial charge in [-0.3, -0.25) is 9.59 Å². The molecule has 4 N–H and O–H groups in total. The normalized spacial score (nSPS) is 12.1. The Labute approximate surface area is 117 Å². The van der Waals surface area contributed by atoms with E-state index in [-0.39, 0.29) is 17.7 Å². The third kappa shape index (κ3) is 3.94. The molecule has 0 aliphatic carbocycles. The largest absolute Gasteiger partial charge is 0.355 e. The number of nitrogens with two attached hydrogens (primary N) is 1. The van der Waals surface area contributed by atoms with Gasteiger partial charge in [-0.05, 0) is 24.1 Å². The number of halogens is 1. The Morgan fingerprint density at radius 1 is 1.32 bits per heavy atom. The number of hydrogen-bond acceptors (Lipinski definition) is 3. The highest BCUT2D eigenvalue weighted by molar-refractivity contribution is 6.34. The van der Waals surface area contributed by atoms with Crippen LogP contribution in [0.25, 0.3) is 0 Å². The number of carbonyl (C=O) groups is 2. The minimum absolute atomic E-state index is 0.0147. The summed E-state index contributed by atoms with van der Waals surface area (Å²) in [5.41, 5.74) is 6.54. The Kier molecular flexibility index (Phi) is 5.32. The SMILES string of the molecule is CNC(=O)c1ccc(Cl)c(NC(=O)[C@H](N)C(C)C)c1. The van der Waals surface area contributed by atoms with Crippen LogP contribution in [0.5, 0.6) is 0 Å². The van der Waals surface area contributed by atoms with Crippen molar-refractivity contribution in [3.05, 3.63) is 28.8 Å². The van der Waals surface area contributed by atoms with Gasteiger partial charge in [0.05, 0.1) is 16.8 Å². The number of anilines is 1. The average Bonchev–Trinajstić information content (AvgIpc) is 2.39. The van der Waals surface area contributed by atoms with Gasteiger partial charge in [0.1, 0.15) is 0 Å². The van der Waals surface area contributed by atoms with E-state index in [4.69, 9.17) is 17.3 Å². The maximum absolute atomic E-state index is 11.9. The zero-order valence-corrected chi connectivity index (χ0v) is 11.9. The molecule has 104 valence electrons. The lowest BCUT2D eigenvalue weighted by Gasteiger charge is -2.16. The van der Waals surface area contributed by atoms with Crippen molar-refractivity contribution in [1.29, 1.82) is 0 Å². The second kappa shape index (κ2) is 6.54. The summed E-state index contributed by atoms with van der Waals surface area (Å²) >= 11 is 5.99. The summed E-state index contributed by atoms with van der Waals surface area (Å²) in [6, 6.07) is 4.04. The second-order valence-electron chi connectivity index (χ2n) is 4.53. The molecule has 6 heteroatoms. The summed E-state index contributed by atoms with van der Waals surface area (Å²) in [5.74, 6) is -0.563. The third-order valence-corrected chi connectivity index (χ3v) is 3.06. The van der Waals surface area contributed by atoms with Gasteiger partial charge in [0.2, 0.25) is 5.91 Å². The maximum atomic E-state index is 11.9. The Hall–Kier alpha value is -1.59. The molecule has 1 aromatic carbocycles. The van der Waals surface area contributed by atoms with Crippen LogP contribution in [0.2, 0.25) is 5.02 Å². The first kappa shape index (κ1) is 15.5. The van der Waals surface area contributed by atoms with Crippen molar-refractivity contribution in [1.82, 2.24) is 5.32 Å². The lowest BCUT2D eigenvalue weighted by Crippen LogP contribution is -2.39. The van der Waals surface area contributed by atoms with Gasteiger partial charge >= 0.3 is 0 Å². The fraction of sp³-hybridized carbons (Fsp3) is 0.385. The first-order valence-electron chi connectivity index (χ1n) is 5.95. The highest BCUT2D eigenvalue weighted by Crippen LogP contribution is 2.23. The van der Waals surface area contributed by atoms with E-state index < -0.39 is 6.04 Å². The van der Waals surface area contributed by atoms with E-state index in [2.05, 4.69) is 10.6 Å². The molecule has 0 aromatic heterocycles. The van der Waals surface area contributed by atoms with Gasteiger partial charge in [0.15, 0.2) is 0 Å². The van der Waals surface area contributed by atoms with Crippen LogP contribution in [-0.2, 0) is 4.79 Å². The van der Waals surface area contributed by atoms with Gasteiger partial charge in [-0.1, -0.05) is 25.4 Å². The molecular formula is C13H18ClN3O2. The van der Waals surface area contributed by atoms with Crippen molar-refractivity contribution >= 4 is 29.1 Å². The fourth-order valence-corrected chi connectivity index (χ4v) is 1.59. The molecule has 0 saturated carbocycles. The Morgan fingerprint density at radius 3 is 2.47 bits per heavy atom. The third-order valence-electron chi connectivity index (χ3n) is 2.73. The summed E-state index contributed by atoms with van der Waals surface area (Å²) in [5, 5.41) is 5.50. The molecule has 0 bridgehead atoms. The number of hydrogen-bond donors (Lipinski definition) is 3. The summed E-state index contributed by atoms with van der Waals surface area (Å²) < 4.78 is 0. The van der Waals surface area contributed by atoms with Crippen molar-refractivity contribution in [3.8, 4) is 0 Å². The number of nitrogens with one attached hydrogen (secondary N) is 2. The Bertz CT molecular complexity index is 489. The lowest BCUT2D eigenvalue weighted by molar-refractivity contribution is -0.118. The van der Waals surface area contributed by atoms with Gasteiger partial charge in [0, 0.05) is 12.6 Å². The molecule has 19 heavy (non-hydrogen) atoms. The van der Waals surface area contributed by atoms with Crippen LogP contribution in [0.1, 0.15) is 24.2 Å². The van der Waals surface area contributed by atoms with Gasteiger partial charge in [-0.15, -0.1) is 0 Å². The lowest BCUT2D eigenvalue weighted by atomic mass is 10.0.